The van der Waals surface area contributed by atoms with Crippen LogP contribution in [0.15, 0.2) is 64.2 Å². The number of aromatic amines is 1. The van der Waals surface area contributed by atoms with Gasteiger partial charge in [0.25, 0.3) is 11.1 Å². The Morgan fingerprint density at radius 1 is 1.00 bits per heavy atom. The minimum Gasteiger partial charge on any atom is -0.345 e. The molecule has 0 atom stereocenters. The van der Waals surface area contributed by atoms with Gasteiger partial charge in [-0.15, -0.1) is 0 Å². The number of H-pyrrole nitrogens is 1. The highest BCUT2D eigenvalue weighted by molar-refractivity contribution is 5.80. The molecule has 0 unspecified atom stereocenters. The number of hydrogen-bond donors (Lipinski definition) is 2. The van der Waals surface area contributed by atoms with Crippen LogP contribution >= 0.6 is 0 Å². The minimum atomic E-state index is -0.352. The van der Waals surface area contributed by atoms with Crippen molar-refractivity contribution >= 4 is 16.7 Å². The summed E-state index contributed by atoms with van der Waals surface area (Å²) in [4.78, 5) is 36.3. The Kier molecular flexibility index (Phi) is 5.30. The zero-order valence-electron chi connectivity index (χ0n) is 14.0. The monoisotopic (exact) mass is 347 g/mol. The predicted molar refractivity (Wildman–Crippen MR) is 99.8 cm³/mol. The molecule has 1 heterocycles. The van der Waals surface area contributed by atoms with E-state index in [1.165, 1.54) is 4.68 Å². The van der Waals surface area contributed by atoms with Gasteiger partial charge < -0.3 is 5.32 Å². The third-order valence-electron chi connectivity index (χ3n) is 3.83. The lowest BCUT2D eigenvalue weighted by Crippen LogP contribution is -2.32. The first-order valence-electron chi connectivity index (χ1n) is 8.17. The summed E-state index contributed by atoms with van der Waals surface area (Å²) in [5.74, 6) is 5.57. The molecule has 26 heavy (non-hydrogen) atoms. The van der Waals surface area contributed by atoms with E-state index in [-0.39, 0.29) is 36.5 Å². The lowest BCUT2D eigenvalue weighted by Gasteiger charge is -2.07. The number of rotatable bonds is 4. The lowest BCUT2D eigenvalue weighted by atomic mass is 10.2. The summed E-state index contributed by atoms with van der Waals surface area (Å²) < 4.78 is 1.17. The van der Waals surface area contributed by atoms with Gasteiger partial charge in [-0.2, -0.15) is 0 Å². The highest BCUT2D eigenvalue weighted by Crippen LogP contribution is 2.02. The van der Waals surface area contributed by atoms with Crippen LogP contribution < -0.4 is 16.4 Å². The van der Waals surface area contributed by atoms with Gasteiger partial charge in [-0.3, -0.25) is 19.5 Å². The van der Waals surface area contributed by atoms with Crippen molar-refractivity contribution in [2.45, 2.75) is 13.0 Å². The van der Waals surface area contributed by atoms with Crippen molar-refractivity contribution in [3.05, 3.63) is 80.9 Å². The predicted octanol–water partition coefficient (Wildman–Crippen LogP) is 1.25. The highest BCUT2D eigenvalue weighted by atomic mass is 16.2. The third kappa shape index (κ3) is 4.08. The highest BCUT2D eigenvalue weighted by Gasteiger charge is 2.08. The summed E-state index contributed by atoms with van der Waals surface area (Å²) in [6.45, 7) is 0.313. The van der Waals surface area contributed by atoms with E-state index < -0.39 is 0 Å². The van der Waals surface area contributed by atoms with Crippen molar-refractivity contribution in [1.82, 2.24) is 15.1 Å². The summed E-state index contributed by atoms with van der Waals surface area (Å²) in [5.41, 5.74) is 0.202. The van der Waals surface area contributed by atoms with Gasteiger partial charge in [0.1, 0.15) is 0 Å². The Bertz CT molecular complexity index is 1100. The van der Waals surface area contributed by atoms with E-state index in [4.69, 9.17) is 0 Å². The quantitative estimate of drug-likeness (QED) is 0.697. The average molecular weight is 347 g/mol. The Hall–Kier alpha value is -3.59. The molecule has 0 fully saturated rings. The molecule has 1 amide bonds. The second kappa shape index (κ2) is 7.99. The average Bonchev–Trinajstić information content (AvgIpc) is 2.68. The molecule has 2 aromatic carbocycles. The lowest BCUT2D eigenvalue weighted by molar-refractivity contribution is -0.121. The van der Waals surface area contributed by atoms with Gasteiger partial charge in [-0.1, -0.05) is 42.2 Å². The maximum absolute atomic E-state index is 12.3. The first-order valence-corrected chi connectivity index (χ1v) is 8.17. The number of aromatic nitrogens is 2. The molecular weight excluding hydrogens is 330 g/mol. The number of hydrogen-bond acceptors (Lipinski definition) is 3. The van der Waals surface area contributed by atoms with Crippen molar-refractivity contribution in [2.75, 3.05) is 6.54 Å². The van der Waals surface area contributed by atoms with Crippen LogP contribution in [0.25, 0.3) is 10.8 Å². The molecule has 130 valence electrons. The van der Waals surface area contributed by atoms with E-state index in [0.717, 1.165) is 5.56 Å². The maximum Gasteiger partial charge on any atom is 0.273 e. The molecule has 3 rings (SSSR count). The molecule has 0 saturated heterocycles. The van der Waals surface area contributed by atoms with E-state index in [1.807, 2.05) is 30.3 Å². The summed E-state index contributed by atoms with van der Waals surface area (Å²) in [7, 11) is 0. The van der Waals surface area contributed by atoms with Crippen LogP contribution in [0.2, 0.25) is 0 Å². The molecule has 0 saturated carbocycles. The fourth-order valence-electron chi connectivity index (χ4n) is 2.52. The first kappa shape index (κ1) is 17.2. The number of carbonyl (C=O) groups is 1. The van der Waals surface area contributed by atoms with Gasteiger partial charge in [0.15, 0.2) is 0 Å². The number of nitrogens with zero attached hydrogens (tertiary/aromatic N) is 1. The molecule has 0 aliphatic rings. The van der Waals surface area contributed by atoms with Crippen LogP contribution in [0, 0.1) is 11.8 Å². The normalized spacial score (nSPS) is 10.2. The summed E-state index contributed by atoms with van der Waals surface area (Å²) in [5, 5.41) is 5.86. The molecule has 0 aliphatic carbocycles. The van der Waals surface area contributed by atoms with Crippen molar-refractivity contribution in [2.24, 2.45) is 0 Å². The number of nitrogens with one attached hydrogen (secondary N) is 2. The Morgan fingerprint density at radius 2 is 1.69 bits per heavy atom. The van der Waals surface area contributed by atoms with E-state index >= 15 is 0 Å². The number of benzene rings is 2. The summed E-state index contributed by atoms with van der Waals surface area (Å²) in [6.07, 6.45) is 0.0706. The molecule has 1 aromatic heterocycles. The molecule has 0 radical (unpaired) electrons. The van der Waals surface area contributed by atoms with Gasteiger partial charge >= 0.3 is 0 Å². The molecule has 0 aliphatic heterocycles. The molecule has 0 bridgehead atoms. The number of carbonyl (C=O) groups excluding carboxylic acids is 1. The topological polar surface area (TPSA) is 84.0 Å². The van der Waals surface area contributed by atoms with Gasteiger partial charge in [0.2, 0.25) is 5.91 Å². The van der Waals surface area contributed by atoms with Crippen molar-refractivity contribution in [3.63, 3.8) is 0 Å². The smallest absolute Gasteiger partial charge is 0.273 e. The largest absolute Gasteiger partial charge is 0.345 e. The van der Waals surface area contributed by atoms with Gasteiger partial charge in [-0.25, -0.2) is 4.68 Å². The minimum absolute atomic E-state index is 0.0706. The fourth-order valence-corrected chi connectivity index (χ4v) is 2.52. The van der Waals surface area contributed by atoms with Gasteiger partial charge in [0, 0.05) is 12.0 Å². The Balaban J connectivity index is 1.59. The van der Waals surface area contributed by atoms with Crippen LogP contribution in [0.4, 0.5) is 0 Å². The van der Waals surface area contributed by atoms with E-state index in [0.29, 0.717) is 10.8 Å². The molecule has 6 nitrogen and oxygen atoms in total. The molecule has 2 N–H and O–H groups in total. The second-order valence-electron chi connectivity index (χ2n) is 5.64. The van der Waals surface area contributed by atoms with Crippen molar-refractivity contribution < 1.29 is 4.79 Å². The van der Waals surface area contributed by atoms with Crippen LogP contribution in [0.3, 0.4) is 0 Å². The Morgan fingerprint density at radius 3 is 2.46 bits per heavy atom. The van der Waals surface area contributed by atoms with Crippen molar-refractivity contribution in [1.29, 1.82) is 0 Å². The molecule has 3 aromatic rings. The first-order chi connectivity index (χ1) is 12.6. The standard InChI is InChI=1S/C20H17N3O3/c24-18(21-13-6-9-15-7-2-1-3-8-15)12-14-23-20(26)17-11-5-4-10-16(17)19(25)22-23/h1-5,7-8,10-11H,12-14H2,(H,21,24)(H,22,25). The number of amides is 1. The number of fused-ring (bicyclic) bond motifs is 1. The summed E-state index contributed by atoms with van der Waals surface area (Å²) >= 11 is 0. The van der Waals surface area contributed by atoms with Gasteiger partial charge in [0.05, 0.1) is 23.9 Å². The zero-order chi connectivity index (χ0) is 18.4. The SMILES string of the molecule is O=C(CCn1[nH]c(=O)c2ccccc2c1=O)NCC#Cc1ccccc1. The third-order valence-corrected chi connectivity index (χ3v) is 3.83. The van der Waals surface area contributed by atoms with Crippen LogP contribution in [-0.2, 0) is 11.3 Å². The van der Waals surface area contributed by atoms with E-state index in [2.05, 4.69) is 22.3 Å². The van der Waals surface area contributed by atoms with Crippen molar-refractivity contribution in [3.8, 4) is 11.8 Å². The van der Waals surface area contributed by atoms with E-state index in [9.17, 15) is 14.4 Å². The maximum atomic E-state index is 12.3. The van der Waals surface area contributed by atoms with E-state index in [1.54, 1.807) is 24.3 Å². The zero-order valence-corrected chi connectivity index (χ0v) is 14.0. The molecular formula is C20H17N3O3. The van der Waals surface area contributed by atoms with Crippen LogP contribution in [0.5, 0.6) is 0 Å². The summed E-state index contributed by atoms with van der Waals surface area (Å²) in [6, 6.07) is 16.1. The second-order valence-corrected chi connectivity index (χ2v) is 5.64. The van der Waals surface area contributed by atoms with Gasteiger partial charge in [-0.05, 0) is 24.3 Å². The van der Waals surface area contributed by atoms with Crippen LogP contribution in [-0.4, -0.2) is 22.2 Å². The molecule has 0 spiro atoms. The molecule has 6 heteroatoms. The number of aryl methyl sites for hydroxylation is 1. The Labute approximate surface area is 149 Å². The fraction of sp³-hybridized carbons (Fsp3) is 0.150. The van der Waals surface area contributed by atoms with Crippen LogP contribution in [0.1, 0.15) is 12.0 Å².